The molecular weight excluding hydrogens is 486 g/mol. The third-order valence-corrected chi connectivity index (χ3v) is 6.68. The molecule has 35 heavy (non-hydrogen) atoms. The minimum atomic E-state index is -4.88. The molecule has 1 saturated heterocycles. The van der Waals surface area contributed by atoms with Crippen molar-refractivity contribution in [2.24, 2.45) is 0 Å². The first-order chi connectivity index (χ1) is 16.5. The second-order valence-corrected chi connectivity index (χ2v) is 8.66. The number of rotatable bonds is 3. The number of hydrogen-bond acceptors (Lipinski definition) is 5. The number of benzene rings is 1. The van der Waals surface area contributed by atoms with Crippen LogP contribution < -0.4 is 15.1 Å². The summed E-state index contributed by atoms with van der Waals surface area (Å²) in [5.74, 6) is -2.01. The average Bonchev–Trinajstić information content (AvgIpc) is 3.03. The van der Waals surface area contributed by atoms with Crippen molar-refractivity contribution < 1.29 is 27.2 Å². The van der Waals surface area contributed by atoms with Crippen molar-refractivity contribution in [3.8, 4) is 6.07 Å². The second kappa shape index (κ2) is 8.88. The number of aromatic nitrogens is 1. The predicted octanol–water partition coefficient (Wildman–Crippen LogP) is 4.31. The van der Waals surface area contributed by atoms with Crippen molar-refractivity contribution in [1.29, 1.82) is 5.26 Å². The number of carbonyl (C=O) groups excluding carboxylic acids is 2. The van der Waals surface area contributed by atoms with E-state index in [1.165, 1.54) is 30.1 Å². The van der Waals surface area contributed by atoms with E-state index >= 15 is 0 Å². The zero-order valence-electron chi connectivity index (χ0n) is 18.4. The fourth-order valence-electron chi connectivity index (χ4n) is 4.68. The van der Waals surface area contributed by atoms with Crippen molar-refractivity contribution in [1.82, 2.24) is 10.3 Å². The summed E-state index contributed by atoms with van der Waals surface area (Å²) in [6.07, 6.45) is -0.981. The molecule has 2 aliphatic rings. The zero-order chi connectivity index (χ0) is 25.5. The molecule has 0 atom stereocenters. The summed E-state index contributed by atoms with van der Waals surface area (Å²) in [5.41, 5.74) is -3.56. The third-order valence-electron chi connectivity index (χ3n) is 6.32. The molecule has 2 fully saturated rings. The van der Waals surface area contributed by atoms with Crippen LogP contribution in [0, 0.1) is 17.1 Å². The van der Waals surface area contributed by atoms with Gasteiger partial charge in [-0.3, -0.25) is 14.5 Å². The minimum absolute atomic E-state index is 0.136. The molecule has 0 bridgehead atoms. The monoisotopic (exact) mass is 505 g/mol. The SMILES string of the molecule is CNC(=O)c1ccc(N2C(=S)N(c3cnc(C#N)c(C(F)(F)F)c3)C(=O)C23CCCCC3)cc1F. The fraction of sp³-hybridized carbons (Fsp3) is 0.348. The van der Waals surface area contributed by atoms with Crippen molar-refractivity contribution >= 4 is 40.5 Å². The molecule has 0 radical (unpaired) electrons. The molecule has 182 valence electrons. The Labute approximate surface area is 203 Å². The van der Waals surface area contributed by atoms with Crippen LogP contribution in [0.3, 0.4) is 0 Å². The van der Waals surface area contributed by atoms with Crippen molar-refractivity contribution in [3.63, 3.8) is 0 Å². The van der Waals surface area contributed by atoms with E-state index in [2.05, 4.69) is 10.3 Å². The summed E-state index contributed by atoms with van der Waals surface area (Å²) in [6, 6.07) is 5.88. The Hall–Kier alpha value is -3.59. The lowest BCUT2D eigenvalue weighted by Crippen LogP contribution is -2.51. The molecular formula is C23H19F4N5O2S. The van der Waals surface area contributed by atoms with Crippen molar-refractivity contribution in [3.05, 3.63) is 53.1 Å². The lowest BCUT2D eigenvalue weighted by Gasteiger charge is -2.39. The molecule has 12 heteroatoms. The van der Waals surface area contributed by atoms with Gasteiger partial charge >= 0.3 is 6.18 Å². The highest BCUT2D eigenvalue weighted by atomic mass is 32.1. The van der Waals surface area contributed by atoms with Crippen LogP contribution in [-0.2, 0) is 11.0 Å². The predicted molar refractivity (Wildman–Crippen MR) is 122 cm³/mol. The maximum Gasteiger partial charge on any atom is 0.419 e. The Morgan fingerprint density at radius 3 is 2.46 bits per heavy atom. The van der Waals surface area contributed by atoms with E-state index < -0.39 is 40.6 Å². The number of halogens is 4. The first-order valence-electron chi connectivity index (χ1n) is 10.7. The van der Waals surface area contributed by atoms with Crippen LogP contribution in [0.1, 0.15) is 53.7 Å². The molecule has 1 aliphatic heterocycles. The van der Waals surface area contributed by atoms with Crippen LogP contribution in [0.25, 0.3) is 0 Å². The summed E-state index contributed by atoms with van der Waals surface area (Å²) in [5, 5.41) is 11.2. The van der Waals surface area contributed by atoms with Gasteiger partial charge in [-0.2, -0.15) is 18.4 Å². The number of carbonyl (C=O) groups is 2. The number of nitrogens with zero attached hydrogens (tertiary/aromatic N) is 4. The van der Waals surface area contributed by atoms with Gasteiger partial charge in [0, 0.05) is 12.7 Å². The van der Waals surface area contributed by atoms with E-state index in [-0.39, 0.29) is 22.1 Å². The largest absolute Gasteiger partial charge is 0.419 e. The van der Waals surface area contributed by atoms with Crippen LogP contribution in [0.15, 0.2) is 30.5 Å². The van der Waals surface area contributed by atoms with E-state index in [1.54, 1.807) is 0 Å². The van der Waals surface area contributed by atoms with Gasteiger partial charge in [0.05, 0.1) is 23.0 Å². The Morgan fingerprint density at radius 1 is 1.20 bits per heavy atom. The average molecular weight is 505 g/mol. The number of thiocarbonyl (C=S) groups is 1. The van der Waals surface area contributed by atoms with Crippen molar-refractivity contribution in [2.45, 2.75) is 43.8 Å². The molecule has 4 rings (SSSR count). The van der Waals surface area contributed by atoms with E-state index in [0.717, 1.165) is 23.6 Å². The van der Waals surface area contributed by atoms with Gasteiger partial charge in [0.15, 0.2) is 10.8 Å². The minimum Gasteiger partial charge on any atom is -0.355 e. The quantitative estimate of drug-likeness (QED) is 0.494. The van der Waals surface area contributed by atoms with Gasteiger partial charge in [-0.05, 0) is 49.3 Å². The number of hydrogen-bond donors (Lipinski definition) is 1. The molecule has 1 aromatic heterocycles. The number of amides is 2. The normalized spacial score (nSPS) is 17.6. The van der Waals surface area contributed by atoms with E-state index in [9.17, 15) is 27.2 Å². The summed E-state index contributed by atoms with van der Waals surface area (Å²) in [7, 11) is 1.36. The van der Waals surface area contributed by atoms with Gasteiger partial charge in [-0.25, -0.2) is 9.37 Å². The summed E-state index contributed by atoms with van der Waals surface area (Å²) >= 11 is 5.56. The van der Waals surface area contributed by atoms with Gasteiger partial charge in [0.1, 0.15) is 17.4 Å². The molecule has 1 aromatic carbocycles. The van der Waals surface area contributed by atoms with Gasteiger partial charge in [0.25, 0.3) is 11.8 Å². The number of pyridine rings is 1. The molecule has 0 unspecified atom stereocenters. The van der Waals surface area contributed by atoms with Gasteiger partial charge in [-0.15, -0.1) is 0 Å². The lowest BCUT2D eigenvalue weighted by molar-refractivity contribution is -0.138. The zero-order valence-corrected chi connectivity index (χ0v) is 19.3. The highest BCUT2D eigenvalue weighted by molar-refractivity contribution is 7.81. The summed E-state index contributed by atoms with van der Waals surface area (Å²) in [6.45, 7) is 0. The molecule has 1 saturated carbocycles. The highest BCUT2D eigenvalue weighted by Gasteiger charge is 2.56. The topological polar surface area (TPSA) is 89.3 Å². The molecule has 1 N–H and O–H groups in total. The van der Waals surface area contributed by atoms with Crippen LogP contribution in [0.5, 0.6) is 0 Å². The summed E-state index contributed by atoms with van der Waals surface area (Å²) in [4.78, 5) is 31.7. The van der Waals surface area contributed by atoms with Crippen LogP contribution in [0.4, 0.5) is 28.9 Å². The first kappa shape index (κ1) is 24.5. The highest BCUT2D eigenvalue weighted by Crippen LogP contribution is 2.45. The standard InChI is InChI=1S/C23H19F4N5O2S/c1-29-19(33)15-6-5-13(10-17(15)24)32-21(35)31(20(34)22(32)7-3-2-4-8-22)14-9-16(23(25,26)27)18(11-28)30-12-14/h5-6,9-10,12H,2-4,7-8H2,1H3,(H,29,33). The molecule has 2 heterocycles. The molecule has 2 aromatic rings. The van der Waals surface area contributed by atoms with E-state index in [1.807, 2.05) is 0 Å². The van der Waals surface area contributed by atoms with Gasteiger partial charge < -0.3 is 10.2 Å². The molecule has 1 aliphatic carbocycles. The molecule has 2 amide bonds. The van der Waals surface area contributed by atoms with Gasteiger partial charge in [0.2, 0.25) is 0 Å². The van der Waals surface area contributed by atoms with Crippen molar-refractivity contribution in [2.75, 3.05) is 16.8 Å². The molecule has 1 spiro atoms. The molecule has 7 nitrogen and oxygen atoms in total. The maximum atomic E-state index is 14.8. The number of alkyl halides is 3. The lowest BCUT2D eigenvalue weighted by atomic mass is 9.80. The number of nitrogens with one attached hydrogen (secondary N) is 1. The van der Waals surface area contributed by atoms with Crippen LogP contribution in [0.2, 0.25) is 0 Å². The number of nitriles is 1. The fourth-order valence-corrected chi connectivity index (χ4v) is 5.14. The van der Waals surface area contributed by atoms with Gasteiger partial charge in [-0.1, -0.05) is 19.3 Å². The Balaban J connectivity index is 1.85. The Bertz CT molecular complexity index is 1270. The number of anilines is 2. The third kappa shape index (κ3) is 3.99. The van der Waals surface area contributed by atoms with Crippen LogP contribution in [-0.4, -0.2) is 34.5 Å². The second-order valence-electron chi connectivity index (χ2n) is 8.29. The van der Waals surface area contributed by atoms with Crippen LogP contribution >= 0.6 is 12.2 Å². The Morgan fingerprint density at radius 2 is 1.89 bits per heavy atom. The smallest absolute Gasteiger partial charge is 0.355 e. The maximum absolute atomic E-state index is 14.8. The van der Waals surface area contributed by atoms with E-state index in [0.29, 0.717) is 31.7 Å². The summed E-state index contributed by atoms with van der Waals surface area (Å²) < 4.78 is 55.5. The Kier molecular flexibility index (Phi) is 6.23. The van der Waals surface area contributed by atoms with E-state index in [4.69, 9.17) is 17.5 Å². The first-order valence-corrected chi connectivity index (χ1v) is 11.1.